The van der Waals surface area contributed by atoms with Gasteiger partial charge in [0.15, 0.2) is 23.3 Å². The minimum absolute atomic E-state index is 0.604. The summed E-state index contributed by atoms with van der Waals surface area (Å²) in [6.45, 7) is 0. The van der Waals surface area contributed by atoms with Crippen LogP contribution in [0.5, 0.6) is 0 Å². The fourth-order valence-corrected chi connectivity index (χ4v) is 8.58. The van der Waals surface area contributed by atoms with Crippen LogP contribution in [-0.2, 0) is 0 Å². The molecule has 0 amide bonds. The third-order valence-electron chi connectivity index (χ3n) is 11.1. The van der Waals surface area contributed by atoms with Crippen molar-refractivity contribution in [1.82, 2.24) is 24.9 Å². The van der Waals surface area contributed by atoms with E-state index in [0.717, 1.165) is 74.4 Å². The lowest BCUT2D eigenvalue weighted by atomic mass is 9.31. The molecule has 2 unspecified atom stereocenters. The summed E-state index contributed by atoms with van der Waals surface area (Å²) in [6, 6.07) is 50.0. The minimum Gasteiger partial charge on any atom is -0.228 e. The Hall–Kier alpha value is -5.81. The summed E-state index contributed by atoms with van der Waals surface area (Å²) in [7, 11) is 0. The zero-order chi connectivity index (χ0) is 32.3. The Bertz CT molecular complexity index is 2230. The van der Waals surface area contributed by atoms with Crippen molar-refractivity contribution in [3.8, 4) is 68.1 Å². The van der Waals surface area contributed by atoms with Gasteiger partial charge >= 0.3 is 0 Å². The minimum atomic E-state index is 0.604. The van der Waals surface area contributed by atoms with Crippen LogP contribution in [0.1, 0.15) is 24.3 Å². The van der Waals surface area contributed by atoms with Crippen molar-refractivity contribution in [2.24, 2.45) is 23.7 Å². The molecule has 3 aliphatic rings. The Kier molecular flexibility index (Phi) is 6.57. The van der Waals surface area contributed by atoms with Crippen LogP contribution >= 0.6 is 0 Å². The van der Waals surface area contributed by atoms with Gasteiger partial charge in [0, 0.05) is 33.4 Å². The first-order chi connectivity index (χ1) is 24.2. The summed E-state index contributed by atoms with van der Waals surface area (Å²) < 4.78 is 0. The lowest BCUT2D eigenvalue weighted by Crippen LogP contribution is -2.65. The molecule has 0 N–H and O–H groups in total. The van der Waals surface area contributed by atoms with Crippen LogP contribution in [0, 0.1) is 23.7 Å². The first-order valence-electron chi connectivity index (χ1n) is 17.3. The molecule has 2 aromatic heterocycles. The number of nitrogens with zero attached hydrogens (tertiary/aromatic N) is 5. The number of benzene rings is 5. The summed E-state index contributed by atoms with van der Waals surface area (Å²) in [6.07, 6.45) is 2.88. The SMILES string of the molecule is c1ccc(-c2cc(-c3ccc(C4C5CC6CC4C65)cc3)nc(-c3cccc(-c4nc(-c5ccccc5)nc(-c5ccccc5)n4)c3)n2)cc1. The van der Waals surface area contributed by atoms with Crippen LogP contribution in [0.3, 0.4) is 0 Å². The topological polar surface area (TPSA) is 64.5 Å². The van der Waals surface area contributed by atoms with Crippen LogP contribution in [-0.4, -0.2) is 24.9 Å². The zero-order valence-electron chi connectivity index (χ0n) is 26.9. The fraction of sp³-hybridized carbons (Fsp3) is 0.159. The van der Waals surface area contributed by atoms with Gasteiger partial charge in [-0.25, -0.2) is 24.9 Å². The Balaban J connectivity index is 1.05. The Labute approximate surface area is 285 Å². The van der Waals surface area contributed by atoms with Crippen molar-refractivity contribution in [3.63, 3.8) is 0 Å². The lowest BCUT2D eigenvalue weighted by molar-refractivity contribution is -0.214. The number of rotatable bonds is 7. The van der Waals surface area contributed by atoms with Gasteiger partial charge in [0.05, 0.1) is 11.4 Å². The van der Waals surface area contributed by atoms with Crippen molar-refractivity contribution >= 4 is 0 Å². The van der Waals surface area contributed by atoms with Gasteiger partial charge in [0.1, 0.15) is 0 Å². The molecule has 2 heterocycles. The summed E-state index contributed by atoms with van der Waals surface area (Å²) in [4.78, 5) is 25.1. The first-order valence-corrected chi connectivity index (χ1v) is 17.3. The summed E-state index contributed by atoms with van der Waals surface area (Å²) in [5, 5.41) is 0. The van der Waals surface area contributed by atoms with Crippen LogP contribution in [0.4, 0.5) is 0 Å². The molecule has 0 saturated heterocycles. The highest BCUT2D eigenvalue weighted by atomic mass is 15.0. The van der Waals surface area contributed by atoms with Crippen LogP contribution in [0.2, 0.25) is 0 Å². The molecular formula is C44H33N5. The predicted molar refractivity (Wildman–Crippen MR) is 194 cm³/mol. The molecular weight excluding hydrogens is 599 g/mol. The van der Waals surface area contributed by atoms with Crippen molar-refractivity contribution in [2.75, 3.05) is 0 Å². The molecule has 2 atom stereocenters. The van der Waals surface area contributed by atoms with Gasteiger partial charge in [-0.3, -0.25) is 0 Å². The lowest BCUT2D eigenvalue weighted by Gasteiger charge is -2.73. The van der Waals surface area contributed by atoms with Crippen molar-refractivity contribution in [2.45, 2.75) is 18.8 Å². The van der Waals surface area contributed by atoms with E-state index in [9.17, 15) is 0 Å². The van der Waals surface area contributed by atoms with Crippen LogP contribution in [0.15, 0.2) is 146 Å². The fourth-order valence-electron chi connectivity index (χ4n) is 8.58. The van der Waals surface area contributed by atoms with Gasteiger partial charge < -0.3 is 0 Å². The van der Waals surface area contributed by atoms with E-state index >= 15 is 0 Å². The third kappa shape index (κ3) is 4.88. The molecule has 3 saturated carbocycles. The highest BCUT2D eigenvalue weighted by molar-refractivity contribution is 5.74. The third-order valence-corrected chi connectivity index (χ3v) is 11.1. The highest BCUT2D eigenvalue weighted by Gasteiger charge is 2.67. The highest BCUT2D eigenvalue weighted by Crippen LogP contribution is 2.75. The Morgan fingerprint density at radius 2 is 0.796 bits per heavy atom. The van der Waals surface area contributed by atoms with E-state index in [-0.39, 0.29) is 0 Å². The normalized spacial score (nSPS) is 21.5. The van der Waals surface area contributed by atoms with E-state index in [0.29, 0.717) is 23.3 Å². The molecule has 49 heavy (non-hydrogen) atoms. The van der Waals surface area contributed by atoms with Crippen molar-refractivity contribution < 1.29 is 0 Å². The molecule has 0 spiro atoms. The second kappa shape index (κ2) is 11.4. The number of aromatic nitrogens is 5. The monoisotopic (exact) mass is 631 g/mol. The molecule has 5 nitrogen and oxygen atoms in total. The zero-order valence-corrected chi connectivity index (χ0v) is 26.9. The van der Waals surface area contributed by atoms with Gasteiger partial charge in [0.25, 0.3) is 0 Å². The summed E-state index contributed by atoms with van der Waals surface area (Å²) >= 11 is 0. The van der Waals surface area contributed by atoms with Gasteiger partial charge in [-0.15, -0.1) is 0 Å². The van der Waals surface area contributed by atoms with Gasteiger partial charge in [-0.2, -0.15) is 0 Å². The largest absolute Gasteiger partial charge is 0.228 e. The van der Waals surface area contributed by atoms with E-state index in [1.807, 2.05) is 78.9 Å². The van der Waals surface area contributed by atoms with Gasteiger partial charge in [-0.05, 0) is 60.1 Å². The Morgan fingerprint density at radius 1 is 0.367 bits per heavy atom. The quantitative estimate of drug-likeness (QED) is 0.175. The van der Waals surface area contributed by atoms with Gasteiger partial charge in [0.2, 0.25) is 0 Å². The Morgan fingerprint density at radius 3 is 1.29 bits per heavy atom. The molecule has 5 heteroatoms. The molecule has 0 radical (unpaired) electrons. The van der Waals surface area contributed by atoms with Crippen molar-refractivity contribution in [1.29, 1.82) is 0 Å². The first kappa shape index (κ1) is 28.2. The molecule has 3 fully saturated rings. The summed E-state index contributed by atoms with van der Waals surface area (Å²) in [5.41, 5.74) is 9.13. The molecule has 234 valence electrons. The molecule has 10 rings (SSSR count). The summed E-state index contributed by atoms with van der Waals surface area (Å²) in [5.74, 6) is 7.22. The van der Waals surface area contributed by atoms with E-state index in [1.54, 1.807) is 0 Å². The second-order valence-corrected chi connectivity index (χ2v) is 13.7. The average molecular weight is 632 g/mol. The second-order valence-electron chi connectivity index (χ2n) is 13.7. The van der Waals surface area contributed by atoms with Crippen LogP contribution in [0.25, 0.3) is 68.1 Å². The van der Waals surface area contributed by atoms with Crippen LogP contribution < -0.4 is 0 Å². The van der Waals surface area contributed by atoms with E-state index in [4.69, 9.17) is 24.9 Å². The molecule has 0 bridgehead atoms. The van der Waals surface area contributed by atoms with E-state index in [2.05, 4.69) is 66.7 Å². The molecule has 3 aliphatic carbocycles. The maximum absolute atomic E-state index is 5.17. The molecule has 7 aromatic rings. The predicted octanol–water partition coefficient (Wildman–Crippen LogP) is 10.0. The maximum atomic E-state index is 5.17. The van der Waals surface area contributed by atoms with E-state index < -0.39 is 0 Å². The molecule has 0 aliphatic heterocycles. The van der Waals surface area contributed by atoms with E-state index in [1.165, 1.54) is 18.4 Å². The number of hydrogen-bond donors (Lipinski definition) is 0. The molecule has 5 aromatic carbocycles. The van der Waals surface area contributed by atoms with Gasteiger partial charge in [-0.1, -0.05) is 133 Å². The smallest absolute Gasteiger partial charge is 0.164 e. The van der Waals surface area contributed by atoms with Crippen molar-refractivity contribution in [3.05, 3.63) is 151 Å². The average Bonchev–Trinajstić information content (AvgIpc) is 3.18. The maximum Gasteiger partial charge on any atom is 0.164 e. The standard InChI is InChI=1S/C44H33N5/c1-4-11-27(12-5-1)37-26-38(28-19-21-29(22-20-28)39-35-24-34-25-36(39)40(34)35)46-43(45-37)32-17-10-18-33(23-32)44-48-41(30-13-6-2-7-14-30)47-42(49-44)31-15-8-3-9-16-31/h1-23,26,34-36,39-40H,24-25H2. The number of hydrogen-bond acceptors (Lipinski definition) is 5.